The second kappa shape index (κ2) is 16.1. The quantitative estimate of drug-likeness (QED) is 0.536. The maximum absolute atomic E-state index is 3.49. The molecular weight excluding hydrogens is 98.1 g/mol. The number of hydrogen-bond donors (Lipinski definition) is 1. The van der Waals surface area contributed by atoms with E-state index in [1.807, 2.05) is 20.0 Å². The van der Waals surface area contributed by atoms with Gasteiger partial charge in [0.2, 0.25) is 0 Å². The van der Waals surface area contributed by atoms with Crippen LogP contribution in [0, 0.1) is 0 Å². The Labute approximate surface area is 52.1 Å². The van der Waals surface area contributed by atoms with Gasteiger partial charge < -0.3 is 5.32 Å². The van der Waals surface area contributed by atoms with Crippen LogP contribution in [-0.2, 0) is 0 Å². The molecule has 0 spiro atoms. The molecule has 0 fully saturated rings. The van der Waals surface area contributed by atoms with E-state index in [4.69, 9.17) is 0 Å². The van der Waals surface area contributed by atoms with Crippen LogP contribution in [0.2, 0.25) is 0 Å². The van der Waals surface area contributed by atoms with Gasteiger partial charge in [0.15, 0.2) is 0 Å². The first-order chi connectivity index (χ1) is 3.83. The average molecular weight is 113 g/mol. The molecule has 1 N–H and O–H groups in total. The summed E-state index contributed by atoms with van der Waals surface area (Å²) in [5.41, 5.74) is 0. The maximum atomic E-state index is 3.49. The summed E-state index contributed by atoms with van der Waals surface area (Å²) in [6.45, 7) is 9.64. The lowest BCUT2D eigenvalue weighted by molar-refractivity contribution is 0.921. The van der Waals surface area contributed by atoms with E-state index >= 15 is 0 Å². The summed E-state index contributed by atoms with van der Waals surface area (Å²) < 4.78 is 0. The number of nitrogens with one attached hydrogen (secondary N) is 1. The molecule has 0 aliphatic heterocycles. The lowest BCUT2D eigenvalue weighted by atomic mass is 10.6. The Morgan fingerprint density at radius 2 is 1.88 bits per heavy atom. The number of allylic oxidation sites excluding steroid dienone is 1. The summed E-state index contributed by atoms with van der Waals surface area (Å²) in [5, 5.41) is 2.90. The van der Waals surface area contributed by atoms with Gasteiger partial charge >= 0.3 is 0 Å². The lowest BCUT2D eigenvalue weighted by Gasteiger charge is -1.79. The zero-order valence-corrected chi connectivity index (χ0v) is 5.78. The van der Waals surface area contributed by atoms with Gasteiger partial charge in [0.25, 0.3) is 0 Å². The van der Waals surface area contributed by atoms with Crippen LogP contribution in [0.4, 0.5) is 0 Å². The first kappa shape index (κ1) is 10.4. The Hall–Kier alpha value is -0.560. The first-order valence-electron chi connectivity index (χ1n) is 2.66. The van der Waals surface area contributed by atoms with Crippen molar-refractivity contribution in [1.82, 2.24) is 5.32 Å². The normalized spacial score (nSPS) is 6.25. The van der Waals surface area contributed by atoms with Gasteiger partial charge in [0, 0.05) is 6.54 Å². The van der Waals surface area contributed by atoms with Crippen molar-refractivity contribution in [3.63, 3.8) is 0 Å². The Kier molecular flexibility index (Phi) is 21.0. The highest BCUT2D eigenvalue weighted by atomic mass is 14.8. The van der Waals surface area contributed by atoms with Crippen molar-refractivity contribution in [2.24, 2.45) is 0 Å². The van der Waals surface area contributed by atoms with Gasteiger partial charge in [-0.2, -0.15) is 0 Å². The summed E-state index contributed by atoms with van der Waals surface area (Å²) >= 11 is 0. The van der Waals surface area contributed by atoms with Crippen LogP contribution in [0.15, 0.2) is 25.3 Å². The first-order valence-corrected chi connectivity index (χ1v) is 2.66. The van der Waals surface area contributed by atoms with Crippen molar-refractivity contribution in [3.8, 4) is 0 Å². The van der Waals surface area contributed by atoms with Crippen molar-refractivity contribution in [2.45, 2.75) is 6.92 Å². The Balaban J connectivity index is 0. The molecule has 1 nitrogen and oxygen atoms in total. The van der Waals surface area contributed by atoms with E-state index < -0.39 is 0 Å². The van der Waals surface area contributed by atoms with Crippen LogP contribution < -0.4 is 5.32 Å². The Bertz CT molecular complexity index is 48.3. The minimum absolute atomic E-state index is 0.903. The second-order valence-corrected chi connectivity index (χ2v) is 1.25. The summed E-state index contributed by atoms with van der Waals surface area (Å²) in [6.07, 6.45) is 3.57. The highest BCUT2D eigenvalue weighted by Crippen LogP contribution is 1.48. The fraction of sp³-hybridized carbons (Fsp3) is 0.429. The van der Waals surface area contributed by atoms with Crippen LogP contribution >= 0.6 is 0 Å². The average Bonchev–Trinajstić information content (AvgIpc) is 1.71. The van der Waals surface area contributed by atoms with Crippen molar-refractivity contribution in [1.29, 1.82) is 0 Å². The molecule has 0 saturated carbocycles. The molecule has 0 bridgehead atoms. The van der Waals surface area contributed by atoms with Gasteiger partial charge in [-0.25, -0.2) is 0 Å². The highest BCUT2D eigenvalue weighted by Gasteiger charge is 1.56. The zero-order valence-electron chi connectivity index (χ0n) is 5.78. The molecule has 48 valence electrons. The smallest absolute Gasteiger partial charge is 0.0129 e. The molecule has 0 heterocycles. The van der Waals surface area contributed by atoms with Gasteiger partial charge in [0.05, 0.1) is 0 Å². The van der Waals surface area contributed by atoms with Crippen molar-refractivity contribution >= 4 is 0 Å². The maximum Gasteiger partial charge on any atom is 0.0129 e. The molecule has 0 amide bonds. The van der Waals surface area contributed by atoms with Crippen LogP contribution in [0.3, 0.4) is 0 Å². The predicted octanol–water partition coefficient (Wildman–Crippen LogP) is 1.58. The molecule has 0 aromatic rings. The summed E-state index contributed by atoms with van der Waals surface area (Å²) in [7, 11) is 1.89. The fourth-order valence-corrected chi connectivity index (χ4v) is 0.144. The van der Waals surface area contributed by atoms with E-state index in [2.05, 4.69) is 18.5 Å². The third-order valence-corrected chi connectivity index (χ3v) is 0.348. The number of rotatable bonds is 2. The fourth-order valence-electron chi connectivity index (χ4n) is 0.144. The largest absolute Gasteiger partial charge is 0.316 e. The van der Waals surface area contributed by atoms with E-state index in [0.29, 0.717) is 0 Å². The molecule has 0 aliphatic carbocycles. The topological polar surface area (TPSA) is 12.0 Å². The van der Waals surface area contributed by atoms with E-state index in [1.54, 1.807) is 6.08 Å². The van der Waals surface area contributed by atoms with E-state index in [0.717, 1.165) is 6.54 Å². The van der Waals surface area contributed by atoms with Crippen LogP contribution in [0.5, 0.6) is 0 Å². The molecule has 0 unspecified atom stereocenters. The SMILES string of the molecule is C=CC.C=CCNC. The van der Waals surface area contributed by atoms with Gasteiger partial charge in [-0.05, 0) is 14.0 Å². The molecule has 8 heavy (non-hydrogen) atoms. The molecule has 0 aromatic heterocycles. The molecule has 0 rings (SSSR count). The van der Waals surface area contributed by atoms with E-state index in [1.165, 1.54) is 0 Å². The van der Waals surface area contributed by atoms with Crippen LogP contribution in [0.1, 0.15) is 6.92 Å². The third kappa shape index (κ3) is 51.7. The minimum Gasteiger partial charge on any atom is -0.316 e. The van der Waals surface area contributed by atoms with E-state index in [-0.39, 0.29) is 0 Å². The molecule has 0 atom stereocenters. The zero-order chi connectivity index (χ0) is 6.83. The Morgan fingerprint density at radius 3 is 1.88 bits per heavy atom. The summed E-state index contributed by atoms with van der Waals surface area (Å²) in [6, 6.07) is 0. The van der Waals surface area contributed by atoms with Crippen LogP contribution in [-0.4, -0.2) is 13.6 Å². The molecule has 0 aliphatic rings. The molecule has 0 saturated heterocycles. The van der Waals surface area contributed by atoms with Crippen molar-refractivity contribution < 1.29 is 0 Å². The van der Waals surface area contributed by atoms with Gasteiger partial charge in [-0.15, -0.1) is 13.2 Å². The molecule has 0 radical (unpaired) electrons. The number of hydrogen-bond acceptors (Lipinski definition) is 1. The van der Waals surface area contributed by atoms with Gasteiger partial charge in [0.1, 0.15) is 0 Å². The van der Waals surface area contributed by atoms with Gasteiger partial charge in [-0.1, -0.05) is 12.2 Å². The van der Waals surface area contributed by atoms with E-state index in [9.17, 15) is 0 Å². The van der Waals surface area contributed by atoms with Crippen LogP contribution in [0.25, 0.3) is 0 Å². The molecule has 0 aromatic carbocycles. The highest BCUT2D eigenvalue weighted by molar-refractivity contribution is 4.66. The monoisotopic (exact) mass is 113 g/mol. The predicted molar refractivity (Wildman–Crippen MR) is 40.0 cm³/mol. The molecule has 1 heteroatoms. The third-order valence-electron chi connectivity index (χ3n) is 0.348. The minimum atomic E-state index is 0.903. The lowest BCUT2D eigenvalue weighted by Crippen LogP contribution is -2.02. The standard InChI is InChI=1S/C4H9N.C3H6/c1-3-4-5-2;1-3-2/h3,5H,1,4H2,2H3;3H,1H2,2H3. The second-order valence-electron chi connectivity index (χ2n) is 1.25. The van der Waals surface area contributed by atoms with Crippen molar-refractivity contribution in [2.75, 3.05) is 13.6 Å². The Morgan fingerprint density at radius 1 is 1.50 bits per heavy atom. The van der Waals surface area contributed by atoms with Gasteiger partial charge in [-0.3, -0.25) is 0 Å². The summed E-state index contributed by atoms with van der Waals surface area (Å²) in [5.74, 6) is 0. The summed E-state index contributed by atoms with van der Waals surface area (Å²) in [4.78, 5) is 0. The molecular formula is C7H15N. The van der Waals surface area contributed by atoms with Crippen molar-refractivity contribution in [3.05, 3.63) is 25.3 Å². The number of likely N-dealkylation sites (N-methyl/N-ethyl adjacent to an activating group) is 1.